The predicted molar refractivity (Wildman–Crippen MR) is 91.7 cm³/mol. The van der Waals surface area contributed by atoms with E-state index in [1.807, 2.05) is 37.4 Å². The summed E-state index contributed by atoms with van der Waals surface area (Å²) in [6.07, 6.45) is 1.86. The Morgan fingerprint density at radius 1 is 1.17 bits per heavy atom. The standard InChI is InChI=1S/C18H23N3O3/c1-19-10-11-21(2)18(23)15(13-14-7-4-3-5-8-14)20-17(22)16-9-6-12-24-16/h3-9,12,15,19H,10-11,13H2,1-2H3,(H,20,22). The third-order valence-electron chi connectivity index (χ3n) is 3.70. The SMILES string of the molecule is CNCCN(C)C(=O)C(Cc1ccccc1)NC(=O)c1ccco1. The van der Waals surface area contributed by atoms with Crippen molar-refractivity contribution in [2.45, 2.75) is 12.5 Å². The van der Waals surface area contributed by atoms with E-state index in [1.54, 1.807) is 24.1 Å². The molecule has 128 valence electrons. The number of nitrogens with one attached hydrogen (secondary N) is 2. The highest BCUT2D eigenvalue weighted by molar-refractivity contribution is 5.95. The van der Waals surface area contributed by atoms with Gasteiger partial charge in [0.25, 0.3) is 5.91 Å². The van der Waals surface area contributed by atoms with Crippen LogP contribution in [0.2, 0.25) is 0 Å². The topological polar surface area (TPSA) is 74.6 Å². The molecular weight excluding hydrogens is 306 g/mol. The van der Waals surface area contributed by atoms with Crippen molar-refractivity contribution in [1.82, 2.24) is 15.5 Å². The average molecular weight is 329 g/mol. The molecule has 2 amide bonds. The van der Waals surface area contributed by atoms with Crippen LogP contribution >= 0.6 is 0 Å². The van der Waals surface area contributed by atoms with Crippen LogP contribution in [0.5, 0.6) is 0 Å². The molecule has 2 rings (SSSR count). The summed E-state index contributed by atoms with van der Waals surface area (Å²) in [5.41, 5.74) is 0.984. The Balaban J connectivity index is 2.11. The van der Waals surface area contributed by atoms with Crippen LogP contribution < -0.4 is 10.6 Å². The molecule has 0 spiro atoms. The molecule has 6 nitrogen and oxygen atoms in total. The number of likely N-dealkylation sites (N-methyl/N-ethyl adjacent to an activating group) is 2. The molecule has 1 atom stereocenters. The molecule has 1 aromatic heterocycles. The average Bonchev–Trinajstić information content (AvgIpc) is 3.14. The van der Waals surface area contributed by atoms with Gasteiger partial charge in [-0.05, 0) is 24.7 Å². The molecule has 0 saturated carbocycles. The van der Waals surface area contributed by atoms with Crippen molar-refractivity contribution < 1.29 is 14.0 Å². The molecule has 1 aromatic carbocycles. The van der Waals surface area contributed by atoms with Crippen LogP contribution in [0.25, 0.3) is 0 Å². The van der Waals surface area contributed by atoms with Gasteiger partial charge in [-0.2, -0.15) is 0 Å². The maximum atomic E-state index is 12.7. The van der Waals surface area contributed by atoms with Gasteiger partial charge in [-0.15, -0.1) is 0 Å². The monoisotopic (exact) mass is 329 g/mol. The molecule has 6 heteroatoms. The van der Waals surface area contributed by atoms with Gasteiger partial charge >= 0.3 is 0 Å². The first-order valence-corrected chi connectivity index (χ1v) is 7.89. The summed E-state index contributed by atoms with van der Waals surface area (Å²) in [7, 11) is 3.56. The highest BCUT2D eigenvalue weighted by atomic mass is 16.3. The van der Waals surface area contributed by atoms with Gasteiger partial charge in [0.1, 0.15) is 6.04 Å². The van der Waals surface area contributed by atoms with Crippen LogP contribution in [0.15, 0.2) is 53.1 Å². The molecule has 0 aliphatic heterocycles. The second-order valence-corrected chi connectivity index (χ2v) is 5.56. The van der Waals surface area contributed by atoms with E-state index in [9.17, 15) is 9.59 Å². The Morgan fingerprint density at radius 2 is 1.92 bits per heavy atom. The molecule has 24 heavy (non-hydrogen) atoms. The molecule has 2 N–H and O–H groups in total. The van der Waals surface area contributed by atoms with Gasteiger partial charge in [0, 0.05) is 26.6 Å². The minimum absolute atomic E-state index is 0.131. The van der Waals surface area contributed by atoms with Gasteiger partial charge in [-0.25, -0.2) is 0 Å². The maximum absolute atomic E-state index is 12.7. The van der Waals surface area contributed by atoms with Crippen LogP contribution in [-0.2, 0) is 11.2 Å². The van der Waals surface area contributed by atoms with E-state index < -0.39 is 11.9 Å². The van der Waals surface area contributed by atoms with Crippen molar-refractivity contribution in [2.75, 3.05) is 27.2 Å². The predicted octanol–water partition coefficient (Wildman–Crippen LogP) is 1.30. The van der Waals surface area contributed by atoms with Crippen molar-refractivity contribution >= 4 is 11.8 Å². The highest BCUT2D eigenvalue weighted by Crippen LogP contribution is 2.08. The molecule has 0 aliphatic rings. The quantitative estimate of drug-likeness (QED) is 0.765. The second kappa shape index (κ2) is 8.88. The number of carbonyl (C=O) groups is 2. The Labute approximate surface area is 141 Å². The number of nitrogens with zero attached hydrogens (tertiary/aromatic N) is 1. The van der Waals surface area contributed by atoms with Crippen molar-refractivity contribution in [2.24, 2.45) is 0 Å². The lowest BCUT2D eigenvalue weighted by atomic mass is 10.0. The van der Waals surface area contributed by atoms with Gasteiger partial charge in [-0.1, -0.05) is 30.3 Å². The normalized spacial score (nSPS) is 11.8. The number of rotatable bonds is 8. The smallest absolute Gasteiger partial charge is 0.287 e. The summed E-state index contributed by atoms with van der Waals surface area (Å²) in [6, 6.07) is 12.2. The van der Waals surface area contributed by atoms with Crippen LogP contribution in [-0.4, -0.2) is 49.9 Å². The highest BCUT2D eigenvalue weighted by Gasteiger charge is 2.25. The van der Waals surface area contributed by atoms with Crippen molar-refractivity contribution in [3.05, 3.63) is 60.1 Å². The maximum Gasteiger partial charge on any atom is 0.287 e. The Kier molecular flexibility index (Phi) is 6.57. The van der Waals surface area contributed by atoms with Gasteiger partial charge < -0.3 is 20.0 Å². The Bertz CT molecular complexity index is 641. The first-order valence-electron chi connectivity index (χ1n) is 7.89. The molecule has 2 aromatic rings. The summed E-state index contributed by atoms with van der Waals surface area (Å²) in [4.78, 5) is 26.6. The Morgan fingerprint density at radius 3 is 2.54 bits per heavy atom. The van der Waals surface area contributed by atoms with E-state index >= 15 is 0 Å². The van der Waals surface area contributed by atoms with Gasteiger partial charge in [0.15, 0.2) is 5.76 Å². The summed E-state index contributed by atoms with van der Waals surface area (Å²) < 4.78 is 5.10. The first kappa shape index (κ1) is 17.7. The zero-order valence-electron chi connectivity index (χ0n) is 14.0. The minimum Gasteiger partial charge on any atom is -0.459 e. The summed E-state index contributed by atoms with van der Waals surface area (Å²) in [5.74, 6) is -0.330. The minimum atomic E-state index is -0.646. The summed E-state index contributed by atoms with van der Waals surface area (Å²) in [5, 5.41) is 5.79. The molecule has 0 radical (unpaired) electrons. The molecule has 0 saturated heterocycles. The number of carbonyl (C=O) groups excluding carboxylic acids is 2. The van der Waals surface area contributed by atoms with E-state index in [4.69, 9.17) is 4.42 Å². The van der Waals surface area contributed by atoms with Gasteiger partial charge in [0.05, 0.1) is 6.26 Å². The first-order chi connectivity index (χ1) is 11.6. The Hall–Kier alpha value is -2.60. The van der Waals surface area contributed by atoms with Gasteiger partial charge in [-0.3, -0.25) is 9.59 Å². The molecule has 1 unspecified atom stereocenters. The molecule has 1 heterocycles. The fraction of sp³-hybridized carbons (Fsp3) is 0.333. The third kappa shape index (κ3) is 4.96. The number of furan rings is 1. The van der Waals surface area contributed by atoms with Gasteiger partial charge in [0.2, 0.25) is 5.91 Å². The lowest BCUT2D eigenvalue weighted by Gasteiger charge is -2.24. The fourth-order valence-electron chi connectivity index (χ4n) is 2.34. The van der Waals surface area contributed by atoms with Crippen LogP contribution in [0.4, 0.5) is 0 Å². The number of hydrogen-bond acceptors (Lipinski definition) is 4. The van der Waals surface area contributed by atoms with E-state index in [1.165, 1.54) is 6.26 Å². The van der Waals surface area contributed by atoms with Crippen LogP contribution in [0, 0.1) is 0 Å². The number of benzene rings is 1. The number of amides is 2. The largest absolute Gasteiger partial charge is 0.459 e. The zero-order chi connectivity index (χ0) is 17.4. The second-order valence-electron chi connectivity index (χ2n) is 5.56. The van der Waals surface area contributed by atoms with E-state index in [0.29, 0.717) is 19.5 Å². The molecule has 0 aliphatic carbocycles. The van der Waals surface area contributed by atoms with Crippen molar-refractivity contribution in [1.29, 1.82) is 0 Å². The van der Waals surface area contributed by atoms with Crippen LogP contribution in [0.1, 0.15) is 16.1 Å². The summed E-state index contributed by atoms with van der Waals surface area (Å²) >= 11 is 0. The van der Waals surface area contributed by atoms with Crippen molar-refractivity contribution in [3.8, 4) is 0 Å². The zero-order valence-corrected chi connectivity index (χ0v) is 14.0. The fourth-order valence-corrected chi connectivity index (χ4v) is 2.34. The van der Waals surface area contributed by atoms with E-state index in [-0.39, 0.29) is 11.7 Å². The molecule has 0 fully saturated rings. The van der Waals surface area contributed by atoms with E-state index in [2.05, 4.69) is 10.6 Å². The number of hydrogen-bond donors (Lipinski definition) is 2. The van der Waals surface area contributed by atoms with Crippen molar-refractivity contribution in [3.63, 3.8) is 0 Å². The van der Waals surface area contributed by atoms with Crippen LogP contribution in [0.3, 0.4) is 0 Å². The molecule has 0 bridgehead atoms. The lowest BCUT2D eigenvalue weighted by Crippen LogP contribution is -2.49. The molecular formula is C18H23N3O3. The summed E-state index contributed by atoms with van der Waals surface area (Å²) in [6.45, 7) is 1.25. The van der Waals surface area contributed by atoms with E-state index in [0.717, 1.165) is 5.56 Å². The third-order valence-corrected chi connectivity index (χ3v) is 3.70. The lowest BCUT2D eigenvalue weighted by molar-refractivity contribution is -0.131.